The molecule has 4 rings (SSSR count). The van der Waals surface area contributed by atoms with Gasteiger partial charge in [-0.3, -0.25) is 4.79 Å². The van der Waals surface area contributed by atoms with Crippen LogP contribution in [0.25, 0.3) is 0 Å². The summed E-state index contributed by atoms with van der Waals surface area (Å²) < 4.78 is 16.2. The maximum atomic E-state index is 12.1. The van der Waals surface area contributed by atoms with Crippen molar-refractivity contribution in [2.24, 2.45) is 11.3 Å². The predicted molar refractivity (Wildman–Crippen MR) is 90.6 cm³/mol. The largest absolute Gasteiger partial charge is 0.461 e. The standard InChI is InChI=1S/C17H21IO4/c1-20-12-21-9-14-16(10-17(14,18)11-16)7-15(19)22-8-13-5-3-2-4-6-13/h2-6,14H,7-12H2,1H3. The zero-order valence-electron chi connectivity index (χ0n) is 12.7. The smallest absolute Gasteiger partial charge is 0.306 e. The van der Waals surface area contributed by atoms with Crippen LogP contribution < -0.4 is 0 Å². The van der Waals surface area contributed by atoms with Crippen molar-refractivity contribution in [2.75, 3.05) is 20.5 Å². The number of hydrogen-bond donors (Lipinski definition) is 0. The molecule has 1 aromatic rings. The van der Waals surface area contributed by atoms with E-state index in [0.29, 0.717) is 35.8 Å². The van der Waals surface area contributed by atoms with Gasteiger partial charge in [0, 0.05) is 16.4 Å². The second-order valence-corrected chi connectivity index (χ2v) is 8.55. The lowest BCUT2D eigenvalue weighted by molar-refractivity contribution is -0.203. The van der Waals surface area contributed by atoms with Crippen molar-refractivity contribution in [3.63, 3.8) is 0 Å². The molecule has 0 amide bonds. The van der Waals surface area contributed by atoms with E-state index in [0.717, 1.165) is 18.4 Å². The summed E-state index contributed by atoms with van der Waals surface area (Å²) in [6, 6.07) is 9.79. The molecule has 0 N–H and O–H groups in total. The van der Waals surface area contributed by atoms with Crippen molar-refractivity contribution in [3.05, 3.63) is 35.9 Å². The first-order valence-electron chi connectivity index (χ1n) is 7.53. The zero-order chi connectivity index (χ0) is 15.6. The summed E-state index contributed by atoms with van der Waals surface area (Å²) in [5.74, 6) is 0.346. The Balaban J connectivity index is 1.47. The summed E-state index contributed by atoms with van der Waals surface area (Å²) in [6.07, 6.45) is 2.70. The summed E-state index contributed by atoms with van der Waals surface area (Å²) in [6.45, 7) is 1.34. The lowest BCUT2D eigenvalue weighted by Gasteiger charge is -2.74. The van der Waals surface area contributed by atoms with Crippen molar-refractivity contribution in [1.82, 2.24) is 0 Å². The molecule has 0 saturated heterocycles. The number of methoxy groups -OCH3 is 1. The van der Waals surface area contributed by atoms with Crippen LogP contribution in [0.15, 0.2) is 30.3 Å². The van der Waals surface area contributed by atoms with E-state index in [1.54, 1.807) is 7.11 Å². The number of halogens is 1. The van der Waals surface area contributed by atoms with E-state index >= 15 is 0 Å². The molecule has 2 bridgehead atoms. The molecule has 0 aliphatic heterocycles. The Morgan fingerprint density at radius 1 is 1.32 bits per heavy atom. The van der Waals surface area contributed by atoms with Gasteiger partial charge in [-0.1, -0.05) is 52.9 Å². The minimum absolute atomic E-state index is 0.0984. The molecule has 22 heavy (non-hydrogen) atoms. The molecule has 1 aromatic carbocycles. The fourth-order valence-electron chi connectivity index (χ4n) is 3.80. The van der Waals surface area contributed by atoms with Crippen LogP contribution in [0.5, 0.6) is 0 Å². The van der Waals surface area contributed by atoms with E-state index in [1.807, 2.05) is 30.3 Å². The SMILES string of the molecule is COCOCC1C2(I)CC1(CC(=O)OCc1ccccc1)C2. The maximum Gasteiger partial charge on any atom is 0.306 e. The van der Waals surface area contributed by atoms with Crippen molar-refractivity contribution in [2.45, 2.75) is 29.3 Å². The highest BCUT2D eigenvalue weighted by Gasteiger charge is 2.74. The van der Waals surface area contributed by atoms with E-state index in [-0.39, 0.29) is 11.4 Å². The van der Waals surface area contributed by atoms with Gasteiger partial charge in [0.05, 0.1) is 13.0 Å². The number of benzene rings is 1. The number of ether oxygens (including phenoxy) is 3. The number of esters is 1. The average molecular weight is 416 g/mol. The van der Waals surface area contributed by atoms with Crippen LogP contribution in [0.2, 0.25) is 0 Å². The second kappa shape index (κ2) is 6.45. The molecule has 0 heterocycles. The van der Waals surface area contributed by atoms with Gasteiger partial charge in [-0.2, -0.15) is 0 Å². The van der Waals surface area contributed by atoms with Crippen molar-refractivity contribution >= 4 is 28.6 Å². The fraction of sp³-hybridized carbons (Fsp3) is 0.588. The third-order valence-corrected chi connectivity index (χ3v) is 6.39. The van der Waals surface area contributed by atoms with E-state index < -0.39 is 0 Å². The third kappa shape index (κ3) is 3.03. The van der Waals surface area contributed by atoms with Gasteiger partial charge in [0.15, 0.2) is 0 Å². The van der Waals surface area contributed by atoms with E-state index in [2.05, 4.69) is 22.6 Å². The average Bonchev–Trinajstić information content (AvgIpc) is 2.49. The van der Waals surface area contributed by atoms with Gasteiger partial charge in [-0.25, -0.2) is 0 Å². The van der Waals surface area contributed by atoms with Crippen LogP contribution >= 0.6 is 22.6 Å². The quantitative estimate of drug-likeness (QED) is 0.215. The van der Waals surface area contributed by atoms with Crippen LogP contribution in [0.3, 0.4) is 0 Å². The molecule has 5 heteroatoms. The Hall–Kier alpha value is -0.660. The van der Waals surface area contributed by atoms with Crippen LogP contribution in [0.1, 0.15) is 24.8 Å². The van der Waals surface area contributed by atoms with Crippen molar-refractivity contribution in [3.8, 4) is 0 Å². The lowest BCUT2D eigenvalue weighted by atomic mass is 9.36. The molecule has 3 saturated carbocycles. The number of hydrogen-bond acceptors (Lipinski definition) is 4. The molecular weight excluding hydrogens is 395 g/mol. The Bertz CT molecular complexity index is 525. The monoisotopic (exact) mass is 416 g/mol. The van der Waals surface area contributed by atoms with Crippen molar-refractivity contribution < 1.29 is 19.0 Å². The predicted octanol–water partition coefficient (Wildman–Crippen LogP) is 3.32. The van der Waals surface area contributed by atoms with Gasteiger partial charge < -0.3 is 14.2 Å². The zero-order valence-corrected chi connectivity index (χ0v) is 14.9. The van der Waals surface area contributed by atoms with Crippen LogP contribution in [-0.4, -0.2) is 29.9 Å². The molecule has 1 unspecified atom stereocenters. The van der Waals surface area contributed by atoms with Crippen LogP contribution in [-0.2, 0) is 25.6 Å². The molecule has 3 aliphatic carbocycles. The second-order valence-electron chi connectivity index (χ2n) is 6.40. The molecule has 1 atom stereocenters. The highest BCUT2D eigenvalue weighted by atomic mass is 127. The van der Waals surface area contributed by atoms with Gasteiger partial charge in [0.2, 0.25) is 0 Å². The normalized spacial score (nSPS) is 32.0. The first-order chi connectivity index (χ1) is 10.6. The lowest BCUT2D eigenvalue weighted by Crippen LogP contribution is -2.73. The van der Waals surface area contributed by atoms with E-state index in [1.165, 1.54) is 0 Å². The molecule has 3 fully saturated rings. The topological polar surface area (TPSA) is 44.8 Å². The highest BCUT2D eigenvalue weighted by molar-refractivity contribution is 14.1. The van der Waals surface area contributed by atoms with E-state index in [9.17, 15) is 4.79 Å². The molecule has 3 aliphatic rings. The first-order valence-corrected chi connectivity index (χ1v) is 8.61. The van der Waals surface area contributed by atoms with Gasteiger partial charge in [0.1, 0.15) is 13.4 Å². The van der Waals surface area contributed by atoms with Crippen molar-refractivity contribution in [1.29, 1.82) is 0 Å². The molecule has 0 aromatic heterocycles. The molecular formula is C17H21IO4. The van der Waals surface area contributed by atoms with Gasteiger partial charge >= 0.3 is 5.97 Å². The first kappa shape index (κ1) is 16.2. The molecule has 120 valence electrons. The number of alkyl halides is 1. The molecule has 0 radical (unpaired) electrons. The highest BCUT2D eigenvalue weighted by Crippen LogP contribution is 2.77. The summed E-state index contributed by atoms with van der Waals surface area (Å²) >= 11 is 2.52. The van der Waals surface area contributed by atoms with Gasteiger partial charge in [-0.05, 0) is 23.8 Å². The molecule has 0 spiro atoms. The summed E-state index contributed by atoms with van der Waals surface area (Å²) in [5.41, 5.74) is 1.13. The van der Waals surface area contributed by atoms with Crippen LogP contribution in [0, 0.1) is 11.3 Å². The molecule has 4 nitrogen and oxygen atoms in total. The Kier molecular flexibility index (Phi) is 4.75. The van der Waals surface area contributed by atoms with Gasteiger partial charge in [-0.15, -0.1) is 0 Å². The Morgan fingerprint density at radius 3 is 2.68 bits per heavy atom. The number of carbonyl (C=O) groups excluding carboxylic acids is 1. The minimum Gasteiger partial charge on any atom is -0.461 e. The van der Waals surface area contributed by atoms with Gasteiger partial charge in [0.25, 0.3) is 0 Å². The minimum atomic E-state index is -0.0984. The van der Waals surface area contributed by atoms with Crippen LogP contribution in [0.4, 0.5) is 0 Å². The Labute approximate surface area is 144 Å². The number of carbonyl (C=O) groups is 1. The maximum absolute atomic E-state index is 12.1. The summed E-state index contributed by atoms with van der Waals surface area (Å²) in [4.78, 5) is 12.1. The Morgan fingerprint density at radius 2 is 2.05 bits per heavy atom. The van der Waals surface area contributed by atoms with E-state index in [4.69, 9.17) is 14.2 Å². The summed E-state index contributed by atoms with van der Waals surface area (Å²) in [7, 11) is 1.62. The number of rotatable bonds is 8. The fourth-order valence-corrected chi connectivity index (χ4v) is 6.16. The summed E-state index contributed by atoms with van der Waals surface area (Å²) in [5, 5.41) is 0. The third-order valence-electron chi connectivity index (χ3n) is 4.88.